The maximum atomic E-state index is 13.6. The van der Waals surface area contributed by atoms with Gasteiger partial charge in [-0.1, -0.05) is 6.07 Å². The van der Waals surface area contributed by atoms with Crippen molar-refractivity contribution in [3.63, 3.8) is 0 Å². The third-order valence-electron chi connectivity index (χ3n) is 3.22. The quantitative estimate of drug-likeness (QED) is 0.891. The Labute approximate surface area is 128 Å². The van der Waals surface area contributed by atoms with Crippen molar-refractivity contribution in [1.82, 2.24) is 10.6 Å². The Morgan fingerprint density at radius 1 is 1.52 bits per heavy atom. The minimum atomic E-state index is -0.659. The van der Waals surface area contributed by atoms with Gasteiger partial charge in [0.25, 0.3) is 0 Å². The van der Waals surface area contributed by atoms with Gasteiger partial charge in [0.2, 0.25) is 5.91 Å². The molecule has 0 aliphatic carbocycles. The van der Waals surface area contributed by atoms with Gasteiger partial charge in [-0.05, 0) is 13.0 Å². The predicted molar refractivity (Wildman–Crippen MR) is 77.4 cm³/mol. The van der Waals surface area contributed by atoms with E-state index in [1.807, 2.05) is 0 Å². The average Bonchev–Trinajstić information content (AvgIpc) is 2.39. The molecule has 1 heterocycles. The highest BCUT2D eigenvalue weighted by Crippen LogP contribution is 2.18. The molecule has 2 rings (SSSR count). The van der Waals surface area contributed by atoms with Gasteiger partial charge in [-0.3, -0.25) is 4.79 Å². The van der Waals surface area contributed by atoms with Crippen LogP contribution in [0.3, 0.4) is 0 Å². The SMILES string of the molecule is CC(NC(=O)CC1CNCCO1)c1ccc(F)cc1F.Cl. The molecule has 1 aromatic carbocycles. The lowest BCUT2D eigenvalue weighted by Crippen LogP contribution is -2.41. The predicted octanol–water partition coefficient (Wildman–Crippen LogP) is 1.94. The minimum Gasteiger partial charge on any atom is -0.375 e. The van der Waals surface area contributed by atoms with E-state index in [0.29, 0.717) is 13.2 Å². The molecule has 0 bridgehead atoms. The van der Waals surface area contributed by atoms with Crippen LogP contribution in [0.1, 0.15) is 24.9 Å². The molecular weight excluding hydrogens is 302 g/mol. The Morgan fingerprint density at radius 2 is 2.29 bits per heavy atom. The van der Waals surface area contributed by atoms with E-state index in [9.17, 15) is 13.6 Å². The second kappa shape index (κ2) is 8.26. The molecule has 0 aromatic heterocycles. The van der Waals surface area contributed by atoms with Crippen molar-refractivity contribution in [3.8, 4) is 0 Å². The van der Waals surface area contributed by atoms with Crippen molar-refractivity contribution in [1.29, 1.82) is 0 Å². The van der Waals surface area contributed by atoms with E-state index in [4.69, 9.17) is 4.74 Å². The first-order valence-electron chi connectivity index (χ1n) is 6.63. The molecule has 0 radical (unpaired) electrons. The summed E-state index contributed by atoms with van der Waals surface area (Å²) in [5.74, 6) is -1.50. The molecule has 4 nitrogen and oxygen atoms in total. The molecule has 1 aliphatic rings. The molecular formula is C14H19ClF2N2O2. The third-order valence-corrected chi connectivity index (χ3v) is 3.22. The maximum Gasteiger partial charge on any atom is 0.223 e. The number of halogens is 3. The minimum absolute atomic E-state index is 0. The Bertz CT molecular complexity index is 482. The maximum absolute atomic E-state index is 13.6. The highest BCUT2D eigenvalue weighted by Gasteiger charge is 2.20. The topological polar surface area (TPSA) is 50.4 Å². The summed E-state index contributed by atoms with van der Waals surface area (Å²) in [6.07, 6.45) is 0.0641. The van der Waals surface area contributed by atoms with Crippen molar-refractivity contribution in [2.75, 3.05) is 19.7 Å². The van der Waals surface area contributed by atoms with E-state index >= 15 is 0 Å². The summed E-state index contributed by atoms with van der Waals surface area (Å²) in [5.41, 5.74) is 0.266. The van der Waals surface area contributed by atoms with Crippen molar-refractivity contribution in [3.05, 3.63) is 35.4 Å². The lowest BCUT2D eigenvalue weighted by Gasteiger charge is -2.24. The van der Waals surface area contributed by atoms with Crippen LogP contribution in [0.4, 0.5) is 8.78 Å². The van der Waals surface area contributed by atoms with Gasteiger partial charge in [0.05, 0.1) is 25.2 Å². The molecule has 1 saturated heterocycles. The molecule has 1 aromatic rings. The summed E-state index contributed by atoms with van der Waals surface area (Å²) in [7, 11) is 0. The Morgan fingerprint density at radius 3 is 2.90 bits per heavy atom. The summed E-state index contributed by atoms with van der Waals surface area (Å²) < 4.78 is 31.8. The molecule has 0 saturated carbocycles. The molecule has 1 amide bonds. The van der Waals surface area contributed by atoms with Crippen LogP contribution in [-0.2, 0) is 9.53 Å². The summed E-state index contributed by atoms with van der Waals surface area (Å²) >= 11 is 0. The van der Waals surface area contributed by atoms with Crippen molar-refractivity contribution in [2.45, 2.75) is 25.5 Å². The summed E-state index contributed by atoms with van der Waals surface area (Å²) in [5, 5.41) is 5.83. The van der Waals surface area contributed by atoms with Gasteiger partial charge in [-0.2, -0.15) is 0 Å². The van der Waals surface area contributed by atoms with E-state index < -0.39 is 17.7 Å². The fourth-order valence-corrected chi connectivity index (χ4v) is 2.19. The van der Waals surface area contributed by atoms with E-state index in [-0.39, 0.29) is 36.4 Å². The largest absolute Gasteiger partial charge is 0.375 e. The first-order chi connectivity index (χ1) is 9.56. The van der Waals surface area contributed by atoms with Gasteiger partial charge in [0.1, 0.15) is 11.6 Å². The first kappa shape index (κ1) is 17.8. The number of nitrogens with one attached hydrogen (secondary N) is 2. The Balaban J connectivity index is 0.00000220. The van der Waals surface area contributed by atoms with Crippen LogP contribution >= 0.6 is 12.4 Å². The molecule has 118 valence electrons. The number of benzene rings is 1. The fraction of sp³-hybridized carbons (Fsp3) is 0.500. The fourth-order valence-electron chi connectivity index (χ4n) is 2.19. The molecule has 0 spiro atoms. The van der Waals surface area contributed by atoms with E-state index in [1.165, 1.54) is 12.1 Å². The number of morpholine rings is 1. The van der Waals surface area contributed by atoms with E-state index in [2.05, 4.69) is 10.6 Å². The van der Waals surface area contributed by atoms with Crippen LogP contribution in [0, 0.1) is 11.6 Å². The lowest BCUT2D eigenvalue weighted by molar-refractivity contribution is -0.125. The molecule has 2 atom stereocenters. The second-order valence-electron chi connectivity index (χ2n) is 4.86. The molecule has 2 N–H and O–H groups in total. The van der Waals surface area contributed by atoms with Gasteiger partial charge in [0, 0.05) is 24.7 Å². The normalized spacial score (nSPS) is 19.5. The van der Waals surface area contributed by atoms with Crippen LogP contribution in [0.25, 0.3) is 0 Å². The van der Waals surface area contributed by atoms with Crippen LogP contribution < -0.4 is 10.6 Å². The highest BCUT2D eigenvalue weighted by atomic mass is 35.5. The van der Waals surface area contributed by atoms with Gasteiger partial charge in [-0.25, -0.2) is 8.78 Å². The van der Waals surface area contributed by atoms with Gasteiger partial charge >= 0.3 is 0 Å². The van der Waals surface area contributed by atoms with Gasteiger partial charge < -0.3 is 15.4 Å². The lowest BCUT2D eigenvalue weighted by atomic mass is 10.1. The number of hydrogen-bond donors (Lipinski definition) is 2. The number of hydrogen-bond acceptors (Lipinski definition) is 3. The molecule has 2 unspecified atom stereocenters. The highest BCUT2D eigenvalue weighted by molar-refractivity contribution is 5.85. The van der Waals surface area contributed by atoms with Gasteiger partial charge in [0.15, 0.2) is 0 Å². The monoisotopic (exact) mass is 320 g/mol. The summed E-state index contributed by atoms with van der Waals surface area (Å²) in [6, 6.07) is 2.81. The van der Waals surface area contributed by atoms with E-state index in [1.54, 1.807) is 6.92 Å². The van der Waals surface area contributed by atoms with E-state index in [0.717, 1.165) is 12.6 Å². The zero-order valence-corrected chi connectivity index (χ0v) is 12.5. The molecule has 1 fully saturated rings. The van der Waals surface area contributed by atoms with Crippen LogP contribution in [-0.4, -0.2) is 31.7 Å². The second-order valence-corrected chi connectivity index (χ2v) is 4.86. The summed E-state index contributed by atoms with van der Waals surface area (Å²) in [6.45, 7) is 3.66. The number of carbonyl (C=O) groups is 1. The van der Waals surface area contributed by atoms with Gasteiger partial charge in [-0.15, -0.1) is 12.4 Å². The number of rotatable bonds is 4. The molecule has 1 aliphatic heterocycles. The zero-order chi connectivity index (χ0) is 14.5. The Kier molecular flexibility index (Phi) is 7.01. The smallest absolute Gasteiger partial charge is 0.223 e. The molecule has 7 heteroatoms. The van der Waals surface area contributed by atoms with Crippen molar-refractivity contribution >= 4 is 18.3 Å². The standard InChI is InChI=1S/C14H18F2N2O2.ClH/c1-9(12-3-2-10(15)6-13(12)16)18-14(19)7-11-8-17-4-5-20-11;/h2-3,6,9,11,17H,4-5,7-8H2,1H3,(H,18,19);1H. The Hall–Kier alpha value is -1.24. The summed E-state index contributed by atoms with van der Waals surface area (Å²) in [4.78, 5) is 11.9. The van der Waals surface area contributed by atoms with Crippen molar-refractivity contribution in [2.24, 2.45) is 0 Å². The third kappa shape index (κ3) is 5.22. The first-order valence-corrected chi connectivity index (χ1v) is 6.63. The number of amides is 1. The number of ether oxygens (including phenoxy) is 1. The van der Waals surface area contributed by atoms with Crippen LogP contribution in [0.2, 0.25) is 0 Å². The van der Waals surface area contributed by atoms with Crippen LogP contribution in [0.5, 0.6) is 0 Å². The molecule has 21 heavy (non-hydrogen) atoms. The van der Waals surface area contributed by atoms with Crippen molar-refractivity contribution < 1.29 is 18.3 Å². The zero-order valence-electron chi connectivity index (χ0n) is 11.7. The number of carbonyl (C=O) groups excluding carboxylic acids is 1. The van der Waals surface area contributed by atoms with Crippen LogP contribution in [0.15, 0.2) is 18.2 Å². The average molecular weight is 321 g/mol.